The Morgan fingerprint density at radius 2 is 2.11 bits per heavy atom. The number of thioether (sulfide) groups is 1. The highest BCUT2D eigenvalue weighted by Gasteiger charge is 2.09. The summed E-state index contributed by atoms with van der Waals surface area (Å²) in [5.74, 6) is 2.02. The maximum atomic E-state index is 9.29. The molecule has 0 aliphatic carbocycles. The molecule has 0 atom stereocenters. The van der Waals surface area contributed by atoms with E-state index in [1.165, 1.54) is 0 Å². The highest BCUT2D eigenvalue weighted by molar-refractivity contribution is 7.98. The second-order valence-corrected chi connectivity index (χ2v) is 5.22. The Morgan fingerprint density at radius 1 is 1.33 bits per heavy atom. The van der Waals surface area contributed by atoms with E-state index in [1.807, 2.05) is 37.0 Å². The largest absolute Gasteiger partial charge is 0.390 e. The Balaban J connectivity index is 2.46. The van der Waals surface area contributed by atoms with Crippen LogP contribution in [-0.2, 0) is 6.61 Å². The van der Waals surface area contributed by atoms with Crippen LogP contribution in [0.25, 0.3) is 10.8 Å². The van der Waals surface area contributed by atoms with Gasteiger partial charge in [-0.25, -0.2) is 4.98 Å². The summed E-state index contributed by atoms with van der Waals surface area (Å²) in [6, 6.07) is 10.1. The van der Waals surface area contributed by atoms with E-state index in [2.05, 4.69) is 28.3 Å². The number of aliphatic hydroxyl groups excluding tert-OH is 1. The van der Waals surface area contributed by atoms with Gasteiger partial charge in [-0.15, -0.1) is 0 Å². The van der Waals surface area contributed by atoms with Crippen molar-refractivity contribution in [3.63, 3.8) is 0 Å². The van der Waals surface area contributed by atoms with E-state index >= 15 is 0 Å². The van der Waals surface area contributed by atoms with Gasteiger partial charge in [-0.05, 0) is 17.7 Å². The number of aliphatic hydroxyl groups is 1. The van der Waals surface area contributed by atoms with Gasteiger partial charge in [-0.2, -0.15) is 11.8 Å². The molecule has 4 heteroatoms. The summed E-state index contributed by atoms with van der Waals surface area (Å²) in [4.78, 5) is 6.69. The maximum absolute atomic E-state index is 9.29. The monoisotopic (exact) mass is 262 g/mol. The third-order valence-electron chi connectivity index (χ3n) is 2.93. The summed E-state index contributed by atoms with van der Waals surface area (Å²) in [5, 5.41) is 11.6. The van der Waals surface area contributed by atoms with Crippen molar-refractivity contribution in [1.82, 2.24) is 4.98 Å². The van der Waals surface area contributed by atoms with E-state index in [9.17, 15) is 5.11 Å². The number of aromatic nitrogens is 1. The smallest absolute Gasteiger partial charge is 0.136 e. The van der Waals surface area contributed by atoms with Gasteiger partial charge in [-0.3, -0.25) is 0 Å². The number of benzene rings is 1. The van der Waals surface area contributed by atoms with E-state index in [-0.39, 0.29) is 6.61 Å². The molecule has 1 heterocycles. The first kappa shape index (κ1) is 13.2. The fourth-order valence-electron chi connectivity index (χ4n) is 1.94. The molecule has 0 unspecified atom stereocenters. The van der Waals surface area contributed by atoms with Crippen molar-refractivity contribution in [2.45, 2.75) is 6.61 Å². The van der Waals surface area contributed by atoms with Crippen LogP contribution >= 0.6 is 11.8 Å². The molecule has 3 nitrogen and oxygen atoms in total. The molecule has 0 amide bonds. The molecule has 0 radical (unpaired) electrons. The summed E-state index contributed by atoms with van der Waals surface area (Å²) in [6.07, 6.45) is 2.10. The van der Waals surface area contributed by atoms with Gasteiger partial charge in [0.15, 0.2) is 0 Å². The average molecular weight is 262 g/mol. The van der Waals surface area contributed by atoms with E-state index in [1.54, 1.807) is 0 Å². The topological polar surface area (TPSA) is 36.4 Å². The van der Waals surface area contributed by atoms with Crippen molar-refractivity contribution < 1.29 is 5.11 Å². The van der Waals surface area contributed by atoms with E-state index in [4.69, 9.17) is 0 Å². The highest BCUT2D eigenvalue weighted by Crippen LogP contribution is 2.25. The van der Waals surface area contributed by atoms with Gasteiger partial charge in [0.05, 0.1) is 12.3 Å². The molecular formula is C14H18N2OS. The second-order valence-electron chi connectivity index (χ2n) is 4.23. The van der Waals surface area contributed by atoms with Crippen LogP contribution in [-0.4, -0.2) is 35.7 Å². The zero-order valence-electron chi connectivity index (χ0n) is 10.8. The fourth-order valence-corrected chi connectivity index (χ4v) is 2.40. The number of hydrogen-bond acceptors (Lipinski definition) is 4. The van der Waals surface area contributed by atoms with Gasteiger partial charge in [0, 0.05) is 24.7 Å². The molecule has 2 rings (SSSR count). The fraction of sp³-hybridized carbons (Fsp3) is 0.357. The molecule has 0 aliphatic rings. The standard InChI is InChI=1S/C14H18N2OS/c1-16(7-8-18-2)14-13-6-4-3-5-11(13)9-12(10-17)15-14/h3-6,9,17H,7-8,10H2,1-2H3. The van der Waals surface area contributed by atoms with Crippen LogP contribution in [0.5, 0.6) is 0 Å². The molecule has 1 aromatic carbocycles. The zero-order valence-corrected chi connectivity index (χ0v) is 11.6. The predicted octanol–water partition coefficient (Wildman–Crippen LogP) is 2.53. The number of rotatable bonds is 5. The van der Waals surface area contributed by atoms with Gasteiger partial charge < -0.3 is 10.0 Å². The molecule has 96 valence electrons. The summed E-state index contributed by atoms with van der Waals surface area (Å²) in [6.45, 7) is 0.932. The Labute approximate surface area is 112 Å². The number of nitrogens with zero attached hydrogens (tertiary/aromatic N) is 2. The van der Waals surface area contributed by atoms with Crippen LogP contribution in [0, 0.1) is 0 Å². The van der Waals surface area contributed by atoms with Crippen LogP contribution in [0.4, 0.5) is 5.82 Å². The summed E-state index contributed by atoms with van der Waals surface area (Å²) in [7, 11) is 2.05. The van der Waals surface area contributed by atoms with Crippen LogP contribution in [0.2, 0.25) is 0 Å². The van der Waals surface area contributed by atoms with Crippen LogP contribution < -0.4 is 4.90 Å². The first-order valence-corrected chi connectivity index (χ1v) is 7.35. The Bertz CT molecular complexity index is 530. The first-order chi connectivity index (χ1) is 8.76. The van der Waals surface area contributed by atoms with Crippen LogP contribution in [0.3, 0.4) is 0 Å². The lowest BCUT2D eigenvalue weighted by Crippen LogP contribution is -2.22. The lowest BCUT2D eigenvalue weighted by atomic mass is 10.1. The quantitative estimate of drug-likeness (QED) is 0.898. The predicted molar refractivity (Wildman–Crippen MR) is 79.3 cm³/mol. The van der Waals surface area contributed by atoms with Crippen molar-refractivity contribution >= 4 is 28.4 Å². The van der Waals surface area contributed by atoms with Gasteiger partial charge in [0.1, 0.15) is 5.82 Å². The minimum Gasteiger partial charge on any atom is -0.390 e. The molecule has 18 heavy (non-hydrogen) atoms. The molecule has 0 saturated carbocycles. The number of hydrogen-bond donors (Lipinski definition) is 1. The molecule has 2 aromatic rings. The SMILES string of the molecule is CSCCN(C)c1nc(CO)cc2ccccc12. The lowest BCUT2D eigenvalue weighted by molar-refractivity contribution is 0.277. The van der Waals surface area contributed by atoms with Crippen molar-refractivity contribution in [2.75, 3.05) is 30.5 Å². The van der Waals surface area contributed by atoms with Gasteiger partial charge >= 0.3 is 0 Å². The van der Waals surface area contributed by atoms with Crippen molar-refractivity contribution in [2.24, 2.45) is 0 Å². The number of pyridine rings is 1. The molecule has 1 aromatic heterocycles. The van der Waals surface area contributed by atoms with Crippen molar-refractivity contribution in [1.29, 1.82) is 0 Å². The Morgan fingerprint density at radius 3 is 2.83 bits per heavy atom. The maximum Gasteiger partial charge on any atom is 0.136 e. The van der Waals surface area contributed by atoms with Crippen molar-refractivity contribution in [3.05, 3.63) is 36.0 Å². The molecule has 0 bridgehead atoms. The number of anilines is 1. The molecule has 0 fully saturated rings. The van der Waals surface area contributed by atoms with Gasteiger partial charge in [0.25, 0.3) is 0 Å². The molecule has 0 spiro atoms. The first-order valence-electron chi connectivity index (χ1n) is 5.96. The normalized spacial score (nSPS) is 10.8. The van der Waals surface area contributed by atoms with Gasteiger partial charge in [0.2, 0.25) is 0 Å². The minimum atomic E-state index is -0.0196. The zero-order chi connectivity index (χ0) is 13.0. The van der Waals surface area contributed by atoms with Gasteiger partial charge in [-0.1, -0.05) is 24.3 Å². The summed E-state index contributed by atoms with van der Waals surface area (Å²) in [5.41, 5.74) is 0.722. The molecular weight excluding hydrogens is 244 g/mol. The molecule has 1 N–H and O–H groups in total. The average Bonchev–Trinajstić information content (AvgIpc) is 2.43. The third-order valence-corrected chi connectivity index (χ3v) is 3.52. The number of fused-ring (bicyclic) bond motifs is 1. The molecule has 0 aliphatic heterocycles. The second kappa shape index (κ2) is 6.07. The van der Waals surface area contributed by atoms with E-state index < -0.39 is 0 Å². The summed E-state index contributed by atoms with van der Waals surface area (Å²) < 4.78 is 0. The third kappa shape index (κ3) is 2.76. The van der Waals surface area contributed by atoms with Crippen molar-refractivity contribution in [3.8, 4) is 0 Å². The van der Waals surface area contributed by atoms with Crippen LogP contribution in [0.15, 0.2) is 30.3 Å². The minimum absolute atomic E-state index is 0.0196. The lowest BCUT2D eigenvalue weighted by Gasteiger charge is -2.20. The Kier molecular flexibility index (Phi) is 4.44. The summed E-state index contributed by atoms with van der Waals surface area (Å²) >= 11 is 1.82. The van der Waals surface area contributed by atoms with E-state index in [0.29, 0.717) is 0 Å². The Hall–Kier alpha value is -1.26. The van der Waals surface area contributed by atoms with Crippen LogP contribution in [0.1, 0.15) is 5.69 Å². The molecule has 0 saturated heterocycles. The van der Waals surface area contributed by atoms with E-state index in [0.717, 1.165) is 34.6 Å². The highest BCUT2D eigenvalue weighted by atomic mass is 32.2.